The van der Waals surface area contributed by atoms with E-state index in [1.165, 1.54) is 0 Å². The van der Waals surface area contributed by atoms with Crippen molar-refractivity contribution in [1.82, 2.24) is 9.97 Å². The van der Waals surface area contributed by atoms with Gasteiger partial charge in [0, 0.05) is 67.3 Å². The summed E-state index contributed by atoms with van der Waals surface area (Å²) in [6.07, 6.45) is 1.52. The highest BCUT2D eigenvalue weighted by Gasteiger charge is 2.31. The summed E-state index contributed by atoms with van der Waals surface area (Å²) in [6, 6.07) is 12.0. The minimum atomic E-state index is -0.233. The van der Waals surface area contributed by atoms with Crippen LogP contribution in [0.1, 0.15) is 23.2 Å². The van der Waals surface area contributed by atoms with Gasteiger partial charge >= 0.3 is 0 Å². The number of nitrogen functional groups attached to an aromatic ring is 1. The summed E-state index contributed by atoms with van der Waals surface area (Å²) in [4.78, 5) is 26.9. The molecule has 0 unspecified atom stereocenters. The van der Waals surface area contributed by atoms with Crippen LogP contribution in [0.25, 0.3) is 11.0 Å². The predicted molar refractivity (Wildman–Crippen MR) is 144 cm³/mol. The molecule has 2 aliphatic rings. The number of hydrogen-bond donors (Lipinski definition) is 6. The summed E-state index contributed by atoms with van der Waals surface area (Å²) in [7, 11) is 0. The number of rotatable bonds is 4. The Morgan fingerprint density at radius 2 is 1.25 bits per heavy atom. The Bertz CT molecular complexity index is 1230. The van der Waals surface area contributed by atoms with Crippen molar-refractivity contribution < 1.29 is 4.79 Å². The predicted octanol–water partition coefficient (Wildman–Crippen LogP) is 0.194. The maximum Gasteiger partial charge on any atom is 0.255 e. The van der Waals surface area contributed by atoms with Crippen LogP contribution in [-0.2, 0) is 0 Å². The average molecular weight is 491 g/mol. The fourth-order valence-corrected chi connectivity index (χ4v) is 5.08. The molecular weight excluding hydrogens is 456 g/mol. The lowest BCUT2D eigenvalue weighted by molar-refractivity contribution is 0.102. The molecule has 190 valence electrons. The third-order valence-electron chi connectivity index (χ3n) is 6.69. The Hall–Kier alpha value is -3.51. The molecule has 11 heteroatoms. The topological polar surface area (TPSA) is 191 Å². The average Bonchev–Trinajstić information content (AvgIpc) is 2.82. The number of carbonyl (C=O) groups excluding carboxylic acids is 1. The van der Waals surface area contributed by atoms with Crippen molar-refractivity contribution in [3.05, 3.63) is 48.0 Å². The first-order valence-electron chi connectivity index (χ1n) is 12.3. The van der Waals surface area contributed by atoms with Crippen LogP contribution in [-0.4, -0.2) is 66.2 Å². The lowest BCUT2D eigenvalue weighted by Gasteiger charge is -2.40. The molecule has 2 fully saturated rings. The summed E-state index contributed by atoms with van der Waals surface area (Å²) in [6.45, 7) is 2.53. The number of nitrogens with zero attached hydrogens (tertiary/aromatic N) is 4. The molecule has 11 N–H and O–H groups in total. The van der Waals surface area contributed by atoms with Gasteiger partial charge in [-0.2, -0.15) is 0 Å². The number of piperidine rings is 2. The van der Waals surface area contributed by atoms with Crippen LogP contribution in [0.5, 0.6) is 0 Å². The number of nitrogens with one attached hydrogen (secondary N) is 1. The first kappa shape index (κ1) is 24.2. The van der Waals surface area contributed by atoms with Crippen molar-refractivity contribution in [2.75, 3.05) is 47.0 Å². The monoisotopic (exact) mass is 490 g/mol. The highest BCUT2D eigenvalue weighted by Crippen LogP contribution is 2.32. The third-order valence-corrected chi connectivity index (χ3v) is 6.69. The Balaban J connectivity index is 1.51. The van der Waals surface area contributed by atoms with Gasteiger partial charge in [-0.05, 0) is 55.3 Å². The molecule has 0 bridgehead atoms. The van der Waals surface area contributed by atoms with Crippen molar-refractivity contribution >= 4 is 40.0 Å². The van der Waals surface area contributed by atoms with Crippen LogP contribution in [0.15, 0.2) is 42.5 Å². The molecule has 11 nitrogen and oxygen atoms in total. The van der Waals surface area contributed by atoms with E-state index < -0.39 is 0 Å². The smallest absolute Gasteiger partial charge is 0.255 e. The lowest BCUT2D eigenvalue weighted by Crippen LogP contribution is -2.55. The first-order chi connectivity index (χ1) is 17.2. The maximum atomic E-state index is 12.7. The molecule has 5 rings (SSSR count). The molecule has 3 aromatic rings. The summed E-state index contributed by atoms with van der Waals surface area (Å²) in [5, 5.41) is 2.93. The van der Waals surface area contributed by atoms with E-state index in [9.17, 15) is 4.79 Å². The van der Waals surface area contributed by atoms with Crippen molar-refractivity contribution in [3.8, 4) is 0 Å². The van der Waals surface area contributed by atoms with Crippen LogP contribution < -0.4 is 43.8 Å². The van der Waals surface area contributed by atoms with Crippen molar-refractivity contribution in [2.45, 2.75) is 37.0 Å². The molecule has 0 radical (unpaired) electrons. The number of amides is 1. The standard InChI is InChI=1S/C25H34N10O/c26-15-3-1-14(2-4-15)25(36)31-20-5-6-21-22(9-20)33-24(35-12-18(29)8-19(30)13-35)23(32-21)34-10-16(27)7-17(28)11-34/h1-6,9,16-19H,7-8,10-13,26-30H2,(H,31,36)/t16-,17+,18-,19+. The Morgan fingerprint density at radius 3 is 1.78 bits per heavy atom. The zero-order valence-corrected chi connectivity index (χ0v) is 20.2. The number of anilines is 4. The Morgan fingerprint density at radius 1 is 0.750 bits per heavy atom. The van der Waals surface area contributed by atoms with E-state index in [0.717, 1.165) is 18.7 Å². The van der Waals surface area contributed by atoms with Gasteiger partial charge in [-0.3, -0.25) is 4.79 Å². The number of carbonyl (C=O) groups is 1. The quantitative estimate of drug-likeness (QED) is 0.275. The summed E-state index contributed by atoms with van der Waals surface area (Å²) in [5.74, 6) is 1.20. The molecule has 2 saturated heterocycles. The van der Waals surface area contributed by atoms with Gasteiger partial charge in [0.15, 0.2) is 11.6 Å². The highest BCUT2D eigenvalue weighted by atomic mass is 16.1. The third kappa shape index (κ3) is 5.19. The van der Waals surface area contributed by atoms with Gasteiger partial charge in [-0.15, -0.1) is 0 Å². The number of aromatic nitrogens is 2. The van der Waals surface area contributed by atoms with Gasteiger partial charge in [0.25, 0.3) is 5.91 Å². The second-order valence-electron chi connectivity index (χ2n) is 9.97. The minimum Gasteiger partial charge on any atom is -0.399 e. The molecule has 0 aliphatic carbocycles. The number of nitrogens with two attached hydrogens (primary N) is 5. The van der Waals surface area contributed by atoms with Crippen LogP contribution in [0.2, 0.25) is 0 Å². The van der Waals surface area contributed by atoms with Crippen molar-refractivity contribution in [1.29, 1.82) is 0 Å². The van der Waals surface area contributed by atoms with Gasteiger partial charge in [0.05, 0.1) is 11.0 Å². The van der Waals surface area contributed by atoms with E-state index in [4.69, 9.17) is 38.6 Å². The maximum absolute atomic E-state index is 12.7. The van der Waals surface area contributed by atoms with Crippen molar-refractivity contribution in [2.24, 2.45) is 22.9 Å². The lowest BCUT2D eigenvalue weighted by atomic mass is 10.0. The molecule has 4 atom stereocenters. The SMILES string of the molecule is Nc1ccc(C(=O)Nc2ccc3nc(N4C[C@H](N)C[C@H](N)C4)c(N4C[C@H](N)C[C@H](N)C4)nc3c2)cc1. The van der Waals surface area contributed by atoms with E-state index in [-0.39, 0.29) is 30.1 Å². The molecule has 0 spiro atoms. The summed E-state index contributed by atoms with van der Waals surface area (Å²) in [5.41, 5.74) is 34.0. The molecule has 2 aliphatic heterocycles. The van der Waals surface area contributed by atoms with E-state index >= 15 is 0 Å². The molecule has 36 heavy (non-hydrogen) atoms. The van der Waals surface area contributed by atoms with E-state index in [2.05, 4.69) is 15.1 Å². The fourth-order valence-electron chi connectivity index (χ4n) is 5.08. The zero-order valence-electron chi connectivity index (χ0n) is 20.2. The minimum absolute atomic E-state index is 0.0455. The van der Waals surface area contributed by atoms with E-state index in [1.807, 2.05) is 18.2 Å². The molecule has 1 amide bonds. The van der Waals surface area contributed by atoms with Gasteiger partial charge in [0.1, 0.15) is 0 Å². The molecule has 1 aromatic heterocycles. The summed E-state index contributed by atoms with van der Waals surface area (Å²) < 4.78 is 0. The molecule has 3 heterocycles. The fraction of sp³-hybridized carbons (Fsp3) is 0.400. The van der Waals surface area contributed by atoms with Crippen LogP contribution in [0.3, 0.4) is 0 Å². The summed E-state index contributed by atoms with van der Waals surface area (Å²) >= 11 is 0. The van der Waals surface area contributed by atoms with Crippen LogP contribution >= 0.6 is 0 Å². The van der Waals surface area contributed by atoms with Gasteiger partial charge < -0.3 is 43.8 Å². The number of hydrogen-bond acceptors (Lipinski definition) is 10. The normalized spacial score (nSPS) is 24.7. The van der Waals surface area contributed by atoms with E-state index in [0.29, 0.717) is 60.0 Å². The molecule has 0 saturated carbocycles. The van der Waals surface area contributed by atoms with Crippen LogP contribution in [0.4, 0.5) is 23.0 Å². The first-order valence-corrected chi connectivity index (χ1v) is 12.3. The number of fused-ring (bicyclic) bond motifs is 1. The van der Waals surface area contributed by atoms with E-state index in [1.54, 1.807) is 24.3 Å². The van der Waals surface area contributed by atoms with Gasteiger partial charge in [0.2, 0.25) is 0 Å². The van der Waals surface area contributed by atoms with Gasteiger partial charge in [-0.25, -0.2) is 9.97 Å². The molecular formula is C25H34N10O. The van der Waals surface area contributed by atoms with Crippen molar-refractivity contribution in [3.63, 3.8) is 0 Å². The van der Waals surface area contributed by atoms with Gasteiger partial charge in [-0.1, -0.05) is 0 Å². The molecule has 2 aromatic carbocycles. The Kier molecular flexibility index (Phi) is 6.63. The van der Waals surface area contributed by atoms with Crippen LogP contribution in [0, 0.1) is 0 Å². The highest BCUT2D eigenvalue weighted by molar-refractivity contribution is 6.05. The second-order valence-corrected chi connectivity index (χ2v) is 9.97. The Labute approximate surface area is 210 Å². The largest absolute Gasteiger partial charge is 0.399 e. The number of benzene rings is 2. The second kappa shape index (κ2) is 9.86. The zero-order chi connectivity index (χ0) is 25.4.